The molecular weight excluding hydrogens is 220 g/mol. The highest BCUT2D eigenvalue weighted by atomic mass is 32.1. The molecule has 0 saturated heterocycles. The maximum Gasteiger partial charge on any atom is 0.161 e. The first-order valence-corrected chi connectivity index (χ1v) is 6.87. The lowest BCUT2D eigenvalue weighted by Crippen LogP contribution is -2.22. The van der Waals surface area contributed by atoms with Crippen LogP contribution < -0.4 is 0 Å². The average Bonchev–Trinajstić information content (AvgIpc) is 2.83. The van der Waals surface area contributed by atoms with Crippen LogP contribution in [0.25, 0.3) is 0 Å². The van der Waals surface area contributed by atoms with E-state index in [0.717, 1.165) is 12.8 Å². The fraction of sp³-hybridized carbons (Fsp3) is 0.615. The molecule has 0 unspecified atom stereocenters. The van der Waals surface area contributed by atoms with Crippen molar-refractivity contribution in [1.82, 2.24) is 0 Å². The molecule has 2 nitrogen and oxygen atoms in total. The summed E-state index contributed by atoms with van der Waals surface area (Å²) < 4.78 is 5.45. The van der Waals surface area contributed by atoms with Gasteiger partial charge in [0.25, 0.3) is 0 Å². The van der Waals surface area contributed by atoms with Crippen molar-refractivity contribution >= 4 is 17.1 Å². The molecule has 0 aromatic carbocycles. The number of rotatable bonds is 5. The zero-order valence-corrected chi connectivity index (χ0v) is 10.3. The van der Waals surface area contributed by atoms with Crippen molar-refractivity contribution in [1.29, 1.82) is 0 Å². The molecule has 1 aromatic rings. The molecule has 0 spiro atoms. The Morgan fingerprint density at radius 1 is 1.38 bits per heavy atom. The average molecular weight is 238 g/mol. The minimum Gasteiger partial charge on any atom is -0.368 e. The fourth-order valence-electron chi connectivity index (χ4n) is 2.19. The van der Waals surface area contributed by atoms with Crippen LogP contribution in [0.3, 0.4) is 0 Å². The molecule has 1 heterocycles. The van der Waals surface area contributed by atoms with E-state index in [1.165, 1.54) is 24.1 Å². The molecule has 1 saturated carbocycles. The van der Waals surface area contributed by atoms with Crippen molar-refractivity contribution in [3.63, 3.8) is 0 Å². The second-order valence-corrected chi connectivity index (χ2v) is 5.41. The van der Waals surface area contributed by atoms with E-state index in [-0.39, 0.29) is 5.92 Å². The molecule has 88 valence electrons. The first-order valence-electron chi connectivity index (χ1n) is 5.99. The third-order valence-corrected chi connectivity index (χ3v) is 3.98. The van der Waals surface area contributed by atoms with Gasteiger partial charge in [0, 0.05) is 10.8 Å². The minimum atomic E-state index is 0.275. The van der Waals surface area contributed by atoms with Gasteiger partial charge in [-0.25, -0.2) is 0 Å². The molecule has 1 fully saturated rings. The number of carbonyl (C=O) groups is 1. The highest BCUT2D eigenvalue weighted by Crippen LogP contribution is 2.24. The van der Waals surface area contributed by atoms with Crippen LogP contribution in [0.4, 0.5) is 0 Å². The molecule has 0 N–H and O–H groups in total. The summed E-state index contributed by atoms with van der Waals surface area (Å²) in [5.41, 5.74) is 0. The van der Waals surface area contributed by atoms with Crippen molar-refractivity contribution in [3.05, 3.63) is 22.4 Å². The normalized spacial score (nSPS) is 17.5. The van der Waals surface area contributed by atoms with Gasteiger partial charge in [0.1, 0.15) is 6.61 Å². The highest BCUT2D eigenvalue weighted by molar-refractivity contribution is 7.09. The van der Waals surface area contributed by atoms with Crippen LogP contribution in [-0.4, -0.2) is 12.4 Å². The van der Waals surface area contributed by atoms with Crippen molar-refractivity contribution in [2.45, 2.75) is 38.7 Å². The Morgan fingerprint density at radius 3 is 2.88 bits per heavy atom. The molecule has 1 aliphatic rings. The lowest BCUT2D eigenvalue weighted by atomic mass is 9.86. The molecule has 2 rings (SSSR count). The fourth-order valence-corrected chi connectivity index (χ4v) is 2.83. The molecule has 1 aromatic heterocycles. The van der Waals surface area contributed by atoms with E-state index in [0.29, 0.717) is 19.0 Å². The number of ether oxygens (including phenoxy) is 1. The Morgan fingerprint density at radius 2 is 2.19 bits per heavy atom. The topological polar surface area (TPSA) is 26.3 Å². The van der Waals surface area contributed by atoms with Gasteiger partial charge in [0.15, 0.2) is 5.78 Å². The van der Waals surface area contributed by atoms with Gasteiger partial charge in [0.2, 0.25) is 0 Å². The maximum absolute atomic E-state index is 11.8. The van der Waals surface area contributed by atoms with Crippen molar-refractivity contribution < 1.29 is 9.53 Å². The largest absolute Gasteiger partial charge is 0.368 e. The third-order valence-electron chi connectivity index (χ3n) is 3.13. The van der Waals surface area contributed by atoms with E-state index in [9.17, 15) is 4.79 Å². The van der Waals surface area contributed by atoms with Crippen LogP contribution in [-0.2, 0) is 16.1 Å². The van der Waals surface area contributed by atoms with Crippen LogP contribution in [0.1, 0.15) is 37.0 Å². The van der Waals surface area contributed by atoms with E-state index in [1.54, 1.807) is 11.3 Å². The van der Waals surface area contributed by atoms with E-state index in [2.05, 4.69) is 0 Å². The zero-order valence-electron chi connectivity index (χ0n) is 9.48. The first-order chi connectivity index (χ1) is 7.86. The number of ketones is 1. The van der Waals surface area contributed by atoms with Gasteiger partial charge in [-0.1, -0.05) is 25.3 Å². The Hall–Kier alpha value is -0.670. The lowest BCUT2D eigenvalue weighted by molar-refractivity contribution is -0.128. The smallest absolute Gasteiger partial charge is 0.161 e. The predicted octanol–water partition coefficient (Wildman–Crippen LogP) is 3.41. The van der Waals surface area contributed by atoms with Gasteiger partial charge in [-0.2, -0.15) is 0 Å². The Bertz CT molecular complexity index is 313. The summed E-state index contributed by atoms with van der Waals surface area (Å²) in [7, 11) is 0. The Labute approximate surface area is 101 Å². The summed E-state index contributed by atoms with van der Waals surface area (Å²) in [6.45, 7) is 0.874. The first kappa shape index (κ1) is 11.8. The van der Waals surface area contributed by atoms with Crippen LogP contribution in [0, 0.1) is 5.92 Å². The summed E-state index contributed by atoms with van der Waals surface area (Å²) in [6, 6.07) is 4.04. The minimum absolute atomic E-state index is 0.275. The van der Waals surface area contributed by atoms with Gasteiger partial charge >= 0.3 is 0 Å². The molecule has 0 atom stereocenters. The number of thiophene rings is 1. The molecule has 3 heteroatoms. The summed E-state index contributed by atoms with van der Waals surface area (Å²) >= 11 is 1.67. The van der Waals surface area contributed by atoms with E-state index >= 15 is 0 Å². The quantitative estimate of drug-likeness (QED) is 0.785. The third kappa shape index (κ3) is 3.42. The molecule has 0 radical (unpaired) electrons. The van der Waals surface area contributed by atoms with Crippen molar-refractivity contribution in [2.75, 3.05) is 6.61 Å². The van der Waals surface area contributed by atoms with Crippen LogP contribution >= 0.6 is 11.3 Å². The van der Waals surface area contributed by atoms with E-state index in [1.807, 2.05) is 17.5 Å². The van der Waals surface area contributed by atoms with Gasteiger partial charge in [-0.05, 0) is 24.3 Å². The number of carbonyl (C=O) groups excluding carboxylic acids is 1. The monoisotopic (exact) mass is 238 g/mol. The zero-order chi connectivity index (χ0) is 11.2. The molecule has 0 bridgehead atoms. The van der Waals surface area contributed by atoms with Crippen molar-refractivity contribution in [2.24, 2.45) is 5.92 Å². The summed E-state index contributed by atoms with van der Waals surface area (Å²) in [6.07, 6.45) is 5.85. The van der Waals surface area contributed by atoms with Gasteiger partial charge in [0.05, 0.1) is 6.61 Å². The number of Topliss-reactive ketones (excluding diaryl/α,β-unsaturated/α-hetero) is 1. The predicted molar refractivity (Wildman–Crippen MR) is 65.6 cm³/mol. The standard InChI is InChI=1S/C13H18O2S/c14-13(11-5-2-1-3-6-11)10-15-9-12-7-4-8-16-12/h4,7-8,11H,1-3,5-6,9-10H2. The van der Waals surface area contributed by atoms with E-state index in [4.69, 9.17) is 4.74 Å². The van der Waals surface area contributed by atoms with Gasteiger partial charge < -0.3 is 4.74 Å². The highest BCUT2D eigenvalue weighted by Gasteiger charge is 2.20. The second kappa shape index (κ2) is 6.16. The maximum atomic E-state index is 11.8. The molecule has 1 aliphatic carbocycles. The van der Waals surface area contributed by atoms with Gasteiger partial charge in [-0.15, -0.1) is 11.3 Å². The number of hydrogen-bond donors (Lipinski definition) is 0. The summed E-state index contributed by atoms with van der Waals surface area (Å²) in [5, 5.41) is 2.03. The second-order valence-electron chi connectivity index (χ2n) is 4.37. The molecule has 0 amide bonds. The number of hydrogen-bond acceptors (Lipinski definition) is 3. The van der Waals surface area contributed by atoms with Crippen molar-refractivity contribution in [3.8, 4) is 0 Å². The molecule has 0 aliphatic heterocycles. The van der Waals surface area contributed by atoms with Crippen LogP contribution in [0.15, 0.2) is 17.5 Å². The summed E-state index contributed by atoms with van der Waals surface area (Å²) in [5.74, 6) is 0.577. The van der Waals surface area contributed by atoms with Gasteiger partial charge in [-0.3, -0.25) is 4.79 Å². The lowest BCUT2D eigenvalue weighted by Gasteiger charge is -2.19. The molecule has 16 heavy (non-hydrogen) atoms. The summed E-state index contributed by atoms with van der Waals surface area (Å²) in [4.78, 5) is 13.0. The Balaban J connectivity index is 1.67. The van der Waals surface area contributed by atoms with E-state index < -0.39 is 0 Å². The van der Waals surface area contributed by atoms with Crippen LogP contribution in [0.2, 0.25) is 0 Å². The molecular formula is C13H18O2S. The SMILES string of the molecule is O=C(COCc1cccs1)C1CCCCC1. The van der Waals surface area contributed by atoms with Crippen LogP contribution in [0.5, 0.6) is 0 Å². The Kier molecular flexibility index (Phi) is 4.55.